The first-order chi connectivity index (χ1) is 7.77. The highest BCUT2D eigenvalue weighted by molar-refractivity contribution is 5.79. The van der Waals surface area contributed by atoms with Gasteiger partial charge >= 0.3 is 0 Å². The fraction of sp³-hybridized carbons (Fsp3) is 0.500. The fourth-order valence-corrected chi connectivity index (χ4v) is 2.05. The SMILES string of the molecule is C=C/C=C(\C=C)CNC(=O)C1CCCCC1. The maximum atomic E-state index is 11.8. The van der Waals surface area contributed by atoms with Gasteiger partial charge in [-0.05, 0) is 18.4 Å². The van der Waals surface area contributed by atoms with E-state index in [1.807, 2.05) is 6.08 Å². The van der Waals surface area contributed by atoms with Crippen LogP contribution < -0.4 is 5.32 Å². The number of carbonyl (C=O) groups excluding carboxylic acids is 1. The topological polar surface area (TPSA) is 29.1 Å². The van der Waals surface area contributed by atoms with Crippen LogP contribution in [0.5, 0.6) is 0 Å². The Balaban J connectivity index is 2.35. The van der Waals surface area contributed by atoms with E-state index in [0.29, 0.717) is 6.54 Å². The molecule has 2 nitrogen and oxygen atoms in total. The summed E-state index contributed by atoms with van der Waals surface area (Å²) in [6.45, 7) is 7.89. The maximum absolute atomic E-state index is 11.8. The van der Waals surface area contributed by atoms with Crippen LogP contribution in [0.1, 0.15) is 32.1 Å². The number of carbonyl (C=O) groups is 1. The summed E-state index contributed by atoms with van der Waals surface area (Å²) < 4.78 is 0. The minimum Gasteiger partial charge on any atom is -0.352 e. The Morgan fingerprint density at radius 3 is 2.50 bits per heavy atom. The number of allylic oxidation sites excluding steroid dienone is 2. The van der Waals surface area contributed by atoms with Crippen molar-refractivity contribution in [2.75, 3.05) is 6.54 Å². The number of rotatable bonds is 5. The van der Waals surface area contributed by atoms with Crippen LogP contribution in [0.3, 0.4) is 0 Å². The normalized spacial score (nSPS) is 17.9. The molecule has 0 aliphatic heterocycles. The average molecular weight is 219 g/mol. The van der Waals surface area contributed by atoms with Crippen molar-refractivity contribution in [3.05, 3.63) is 37.0 Å². The zero-order valence-electron chi connectivity index (χ0n) is 9.87. The Hall–Kier alpha value is -1.31. The zero-order valence-corrected chi connectivity index (χ0v) is 9.87. The predicted octanol–water partition coefficient (Wildman–Crippen LogP) is 2.98. The van der Waals surface area contributed by atoms with Gasteiger partial charge in [0.1, 0.15) is 0 Å². The lowest BCUT2D eigenvalue weighted by molar-refractivity contribution is -0.125. The molecule has 0 aromatic rings. The first kappa shape index (κ1) is 12.8. The molecule has 1 saturated carbocycles. The summed E-state index contributed by atoms with van der Waals surface area (Å²) in [5, 5.41) is 2.96. The van der Waals surface area contributed by atoms with Crippen molar-refractivity contribution in [3.8, 4) is 0 Å². The lowest BCUT2D eigenvalue weighted by atomic mass is 9.88. The molecule has 1 aliphatic carbocycles. The summed E-state index contributed by atoms with van der Waals surface area (Å²) in [5.41, 5.74) is 0.999. The Bertz CT molecular complexity index is 285. The number of amides is 1. The van der Waals surface area contributed by atoms with Crippen molar-refractivity contribution in [2.24, 2.45) is 5.92 Å². The van der Waals surface area contributed by atoms with Gasteiger partial charge in [0.2, 0.25) is 5.91 Å². The van der Waals surface area contributed by atoms with Crippen molar-refractivity contribution in [1.82, 2.24) is 5.32 Å². The monoisotopic (exact) mass is 219 g/mol. The minimum atomic E-state index is 0.191. The Labute approximate surface area is 98.1 Å². The van der Waals surface area contributed by atoms with Gasteiger partial charge in [0, 0.05) is 12.5 Å². The average Bonchev–Trinajstić information content (AvgIpc) is 2.35. The third kappa shape index (κ3) is 4.05. The predicted molar refractivity (Wildman–Crippen MR) is 68.1 cm³/mol. The van der Waals surface area contributed by atoms with Gasteiger partial charge in [0.25, 0.3) is 0 Å². The molecule has 0 aromatic heterocycles. The van der Waals surface area contributed by atoms with Crippen molar-refractivity contribution < 1.29 is 4.79 Å². The molecule has 1 aliphatic rings. The van der Waals surface area contributed by atoms with E-state index in [2.05, 4.69) is 18.5 Å². The van der Waals surface area contributed by atoms with E-state index >= 15 is 0 Å². The van der Waals surface area contributed by atoms with E-state index in [1.54, 1.807) is 12.2 Å². The van der Waals surface area contributed by atoms with Gasteiger partial charge in [-0.15, -0.1) is 0 Å². The van der Waals surface area contributed by atoms with Crippen LogP contribution in [0.2, 0.25) is 0 Å². The fourth-order valence-electron chi connectivity index (χ4n) is 2.05. The first-order valence-electron chi connectivity index (χ1n) is 5.99. The largest absolute Gasteiger partial charge is 0.352 e. The van der Waals surface area contributed by atoms with Crippen LogP contribution >= 0.6 is 0 Å². The molecular formula is C14H21NO. The van der Waals surface area contributed by atoms with E-state index in [-0.39, 0.29) is 11.8 Å². The zero-order chi connectivity index (χ0) is 11.8. The lowest BCUT2D eigenvalue weighted by Gasteiger charge is -2.20. The lowest BCUT2D eigenvalue weighted by Crippen LogP contribution is -2.33. The highest BCUT2D eigenvalue weighted by Gasteiger charge is 2.20. The molecule has 0 unspecified atom stereocenters. The van der Waals surface area contributed by atoms with Crippen LogP contribution in [0.25, 0.3) is 0 Å². The molecule has 16 heavy (non-hydrogen) atoms. The van der Waals surface area contributed by atoms with Gasteiger partial charge in [-0.1, -0.05) is 50.6 Å². The van der Waals surface area contributed by atoms with Crippen molar-refractivity contribution in [3.63, 3.8) is 0 Å². The second kappa shape index (κ2) is 7.04. The van der Waals surface area contributed by atoms with Gasteiger partial charge < -0.3 is 5.32 Å². The highest BCUT2D eigenvalue weighted by Crippen LogP contribution is 2.23. The molecular weight excluding hydrogens is 198 g/mol. The van der Waals surface area contributed by atoms with Crippen molar-refractivity contribution in [1.29, 1.82) is 0 Å². The Morgan fingerprint density at radius 2 is 1.94 bits per heavy atom. The van der Waals surface area contributed by atoms with E-state index in [1.165, 1.54) is 19.3 Å². The molecule has 0 saturated heterocycles. The number of nitrogens with one attached hydrogen (secondary N) is 1. The van der Waals surface area contributed by atoms with Gasteiger partial charge in [-0.3, -0.25) is 4.79 Å². The van der Waals surface area contributed by atoms with E-state index in [0.717, 1.165) is 18.4 Å². The van der Waals surface area contributed by atoms with Crippen LogP contribution in [0, 0.1) is 5.92 Å². The maximum Gasteiger partial charge on any atom is 0.223 e. The Kier molecular flexibility index (Phi) is 5.62. The molecule has 0 aromatic carbocycles. The number of hydrogen-bond donors (Lipinski definition) is 1. The molecule has 1 fully saturated rings. The van der Waals surface area contributed by atoms with Crippen molar-refractivity contribution >= 4 is 5.91 Å². The summed E-state index contributed by atoms with van der Waals surface area (Å²) in [4.78, 5) is 11.8. The van der Waals surface area contributed by atoms with Gasteiger partial charge in [-0.25, -0.2) is 0 Å². The molecule has 2 heteroatoms. The summed E-state index contributed by atoms with van der Waals surface area (Å²) in [6.07, 6.45) is 11.1. The second-order valence-corrected chi connectivity index (χ2v) is 4.23. The smallest absolute Gasteiger partial charge is 0.223 e. The van der Waals surface area contributed by atoms with Crippen molar-refractivity contribution in [2.45, 2.75) is 32.1 Å². The standard InChI is InChI=1S/C14H21NO/c1-3-8-12(4-2)11-15-14(16)13-9-6-5-7-10-13/h3-4,8,13H,1-2,5-7,9-11H2,(H,15,16)/b12-8+. The van der Waals surface area contributed by atoms with Gasteiger partial charge in [0.15, 0.2) is 0 Å². The molecule has 0 spiro atoms. The summed E-state index contributed by atoms with van der Waals surface area (Å²) >= 11 is 0. The summed E-state index contributed by atoms with van der Waals surface area (Å²) in [5.74, 6) is 0.417. The highest BCUT2D eigenvalue weighted by atomic mass is 16.1. The summed E-state index contributed by atoms with van der Waals surface area (Å²) in [6, 6.07) is 0. The van der Waals surface area contributed by atoms with E-state index < -0.39 is 0 Å². The Morgan fingerprint density at radius 1 is 1.25 bits per heavy atom. The molecule has 88 valence electrons. The third-order valence-electron chi connectivity index (χ3n) is 3.04. The van der Waals surface area contributed by atoms with Crippen LogP contribution in [-0.2, 0) is 4.79 Å². The number of hydrogen-bond acceptors (Lipinski definition) is 1. The molecule has 0 atom stereocenters. The van der Waals surface area contributed by atoms with Gasteiger partial charge in [-0.2, -0.15) is 0 Å². The molecule has 1 N–H and O–H groups in total. The van der Waals surface area contributed by atoms with Crippen LogP contribution in [0.15, 0.2) is 37.0 Å². The minimum absolute atomic E-state index is 0.191. The molecule has 0 heterocycles. The quantitative estimate of drug-likeness (QED) is 0.708. The third-order valence-corrected chi connectivity index (χ3v) is 3.04. The molecule has 0 bridgehead atoms. The van der Waals surface area contributed by atoms with Crippen LogP contribution in [0.4, 0.5) is 0 Å². The van der Waals surface area contributed by atoms with Crippen LogP contribution in [-0.4, -0.2) is 12.5 Å². The van der Waals surface area contributed by atoms with Gasteiger partial charge in [0.05, 0.1) is 0 Å². The molecule has 1 amide bonds. The second-order valence-electron chi connectivity index (χ2n) is 4.23. The first-order valence-corrected chi connectivity index (χ1v) is 5.99. The van der Waals surface area contributed by atoms with E-state index in [4.69, 9.17) is 0 Å². The molecule has 0 radical (unpaired) electrons. The summed E-state index contributed by atoms with van der Waals surface area (Å²) in [7, 11) is 0. The van der Waals surface area contributed by atoms with E-state index in [9.17, 15) is 4.79 Å². The molecule has 1 rings (SSSR count).